The number of alkyl halides is 1. The lowest BCUT2D eigenvalue weighted by molar-refractivity contribution is 0.340. The van der Waals surface area contributed by atoms with E-state index in [4.69, 9.17) is 16.3 Å². The number of nitrogens with one attached hydrogen (secondary N) is 1. The zero-order valence-electron chi connectivity index (χ0n) is 10.6. The zero-order chi connectivity index (χ0) is 13.0. The van der Waals surface area contributed by atoms with Gasteiger partial charge >= 0.3 is 0 Å². The lowest BCUT2D eigenvalue weighted by Gasteiger charge is -2.03. The van der Waals surface area contributed by atoms with Crippen LogP contribution in [0.25, 0.3) is 11.0 Å². The minimum atomic E-state index is 0.490. The van der Waals surface area contributed by atoms with Gasteiger partial charge in [0.05, 0.1) is 17.6 Å². The number of imidazole rings is 1. The van der Waals surface area contributed by atoms with E-state index in [-0.39, 0.29) is 0 Å². The number of hydrogen-bond acceptors (Lipinski definition) is 3. The highest BCUT2D eigenvalue weighted by Gasteiger charge is 2.07. The average Bonchev–Trinajstić information content (AvgIpc) is 2.78. The van der Waals surface area contributed by atoms with Crippen molar-refractivity contribution < 1.29 is 4.74 Å². The van der Waals surface area contributed by atoms with E-state index in [1.54, 1.807) is 11.8 Å². The molecule has 0 bridgehead atoms. The van der Waals surface area contributed by atoms with Crippen molar-refractivity contribution in [2.24, 2.45) is 5.92 Å². The fraction of sp³-hybridized carbons (Fsp3) is 0.462. The Bertz CT molecular complexity index is 515. The molecule has 18 heavy (non-hydrogen) atoms. The summed E-state index contributed by atoms with van der Waals surface area (Å²) in [5.41, 5.74) is 1.99. The predicted octanol–water partition coefficient (Wildman–Crippen LogP) is 3.93. The Hall–Kier alpha value is -0.870. The molecule has 5 heteroatoms. The highest BCUT2D eigenvalue weighted by atomic mass is 35.5. The van der Waals surface area contributed by atoms with Crippen molar-refractivity contribution in [3.63, 3.8) is 0 Å². The standard InChI is InChI=1S/C13H17ClN2OS/c1-3-17-10-4-5-11-12(6-10)16-13(15-11)18-8-9(2)7-14/h4-6,9H,3,7-8H2,1-2H3,(H,15,16). The van der Waals surface area contributed by atoms with Crippen LogP contribution in [0.1, 0.15) is 13.8 Å². The van der Waals surface area contributed by atoms with E-state index < -0.39 is 0 Å². The van der Waals surface area contributed by atoms with Gasteiger partial charge in [-0.1, -0.05) is 18.7 Å². The van der Waals surface area contributed by atoms with Crippen molar-refractivity contribution in [1.82, 2.24) is 9.97 Å². The van der Waals surface area contributed by atoms with Gasteiger partial charge in [0.1, 0.15) is 5.75 Å². The van der Waals surface area contributed by atoms with Crippen LogP contribution in [0, 0.1) is 5.92 Å². The summed E-state index contributed by atoms with van der Waals surface area (Å²) in [5, 5.41) is 0.940. The van der Waals surface area contributed by atoms with Crippen molar-refractivity contribution in [3.8, 4) is 5.75 Å². The number of nitrogens with zero attached hydrogens (tertiary/aromatic N) is 1. The van der Waals surface area contributed by atoms with E-state index >= 15 is 0 Å². The maximum atomic E-state index is 5.79. The third-order valence-corrected chi connectivity index (χ3v) is 4.24. The minimum Gasteiger partial charge on any atom is -0.494 e. The Labute approximate surface area is 116 Å². The summed E-state index contributed by atoms with van der Waals surface area (Å²) in [4.78, 5) is 7.83. The zero-order valence-corrected chi connectivity index (χ0v) is 12.1. The number of halogens is 1. The molecule has 0 aliphatic carbocycles. The molecule has 0 spiro atoms. The summed E-state index contributed by atoms with van der Waals surface area (Å²) >= 11 is 7.50. The van der Waals surface area contributed by atoms with Gasteiger partial charge in [0.25, 0.3) is 0 Å². The van der Waals surface area contributed by atoms with Crippen LogP contribution in [0.4, 0.5) is 0 Å². The summed E-state index contributed by atoms with van der Waals surface area (Å²) in [7, 11) is 0. The number of benzene rings is 1. The lowest BCUT2D eigenvalue weighted by atomic mass is 10.3. The summed E-state index contributed by atoms with van der Waals surface area (Å²) in [6, 6.07) is 5.91. The topological polar surface area (TPSA) is 37.9 Å². The predicted molar refractivity (Wildman–Crippen MR) is 77.9 cm³/mol. The number of rotatable bonds is 6. The fourth-order valence-corrected chi connectivity index (χ4v) is 2.70. The van der Waals surface area contributed by atoms with E-state index in [0.29, 0.717) is 18.4 Å². The molecule has 98 valence electrons. The minimum absolute atomic E-state index is 0.490. The molecule has 0 saturated carbocycles. The van der Waals surface area contributed by atoms with Gasteiger partial charge < -0.3 is 9.72 Å². The summed E-state index contributed by atoms with van der Waals surface area (Å²) < 4.78 is 5.47. The van der Waals surface area contributed by atoms with Crippen LogP contribution in [0.5, 0.6) is 5.75 Å². The molecule has 1 unspecified atom stereocenters. The smallest absolute Gasteiger partial charge is 0.166 e. The molecule has 1 aromatic carbocycles. The average molecular weight is 285 g/mol. The lowest BCUT2D eigenvalue weighted by Crippen LogP contribution is -1.99. The Kier molecular flexibility index (Phi) is 4.78. The molecule has 0 fully saturated rings. The molecule has 0 aliphatic heterocycles. The van der Waals surface area contributed by atoms with Gasteiger partial charge in [-0.25, -0.2) is 4.98 Å². The Balaban J connectivity index is 2.11. The highest BCUT2D eigenvalue weighted by Crippen LogP contribution is 2.24. The van der Waals surface area contributed by atoms with Crippen LogP contribution < -0.4 is 4.74 Å². The quantitative estimate of drug-likeness (QED) is 0.645. The Morgan fingerprint density at radius 2 is 2.33 bits per heavy atom. The first-order valence-electron chi connectivity index (χ1n) is 6.04. The molecule has 2 aromatic rings. The fourth-order valence-electron chi connectivity index (χ4n) is 1.56. The van der Waals surface area contributed by atoms with E-state index in [2.05, 4.69) is 16.9 Å². The number of ether oxygens (including phenoxy) is 1. The van der Waals surface area contributed by atoms with Crippen LogP contribution in [0.3, 0.4) is 0 Å². The maximum absolute atomic E-state index is 5.79. The second kappa shape index (κ2) is 6.34. The van der Waals surface area contributed by atoms with Crippen LogP contribution in [-0.2, 0) is 0 Å². The van der Waals surface area contributed by atoms with Gasteiger partial charge in [-0.3, -0.25) is 0 Å². The number of aromatic nitrogens is 2. The first-order valence-corrected chi connectivity index (χ1v) is 7.56. The normalized spacial score (nSPS) is 12.8. The van der Waals surface area contributed by atoms with Gasteiger partial charge in [-0.05, 0) is 25.0 Å². The number of H-pyrrole nitrogens is 1. The van der Waals surface area contributed by atoms with Gasteiger partial charge in [-0.2, -0.15) is 0 Å². The molecule has 2 rings (SSSR count). The molecule has 1 atom stereocenters. The van der Waals surface area contributed by atoms with E-state index in [0.717, 1.165) is 27.7 Å². The number of aromatic amines is 1. The van der Waals surface area contributed by atoms with E-state index in [1.807, 2.05) is 25.1 Å². The summed E-state index contributed by atoms with van der Waals surface area (Å²) in [5.74, 6) is 3.02. The van der Waals surface area contributed by atoms with Crippen LogP contribution in [0.2, 0.25) is 0 Å². The molecular formula is C13H17ClN2OS. The second-order valence-corrected chi connectivity index (χ2v) is 5.54. The van der Waals surface area contributed by atoms with Crippen LogP contribution in [-0.4, -0.2) is 28.2 Å². The second-order valence-electron chi connectivity index (χ2n) is 4.22. The third kappa shape index (κ3) is 3.33. The van der Waals surface area contributed by atoms with Gasteiger partial charge in [-0.15, -0.1) is 11.6 Å². The van der Waals surface area contributed by atoms with Crippen LogP contribution >= 0.6 is 23.4 Å². The molecule has 0 radical (unpaired) electrons. The Morgan fingerprint density at radius 1 is 1.50 bits per heavy atom. The third-order valence-electron chi connectivity index (χ3n) is 2.51. The van der Waals surface area contributed by atoms with Crippen molar-refractivity contribution in [2.75, 3.05) is 18.2 Å². The van der Waals surface area contributed by atoms with E-state index in [1.165, 1.54) is 0 Å². The molecule has 0 amide bonds. The van der Waals surface area contributed by atoms with Gasteiger partial charge in [0, 0.05) is 17.7 Å². The highest BCUT2D eigenvalue weighted by molar-refractivity contribution is 7.99. The SMILES string of the molecule is CCOc1ccc2nc(SCC(C)CCl)[nH]c2c1. The molecule has 1 N–H and O–H groups in total. The molecule has 0 saturated heterocycles. The van der Waals surface area contributed by atoms with Gasteiger partial charge in [0.15, 0.2) is 5.16 Å². The van der Waals surface area contributed by atoms with Crippen molar-refractivity contribution in [2.45, 2.75) is 19.0 Å². The molecule has 3 nitrogen and oxygen atoms in total. The first kappa shape index (κ1) is 13.6. The summed E-state index contributed by atoms with van der Waals surface area (Å²) in [6.45, 7) is 4.79. The molecule has 1 aromatic heterocycles. The van der Waals surface area contributed by atoms with Crippen molar-refractivity contribution >= 4 is 34.4 Å². The molecular weight excluding hydrogens is 268 g/mol. The number of thioether (sulfide) groups is 1. The summed E-state index contributed by atoms with van der Waals surface area (Å²) in [6.07, 6.45) is 0. The first-order chi connectivity index (χ1) is 8.72. The Morgan fingerprint density at radius 3 is 3.06 bits per heavy atom. The van der Waals surface area contributed by atoms with Crippen molar-refractivity contribution in [3.05, 3.63) is 18.2 Å². The maximum Gasteiger partial charge on any atom is 0.166 e. The monoisotopic (exact) mass is 284 g/mol. The molecule has 1 heterocycles. The van der Waals surface area contributed by atoms with E-state index in [9.17, 15) is 0 Å². The largest absolute Gasteiger partial charge is 0.494 e. The van der Waals surface area contributed by atoms with Crippen LogP contribution in [0.15, 0.2) is 23.4 Å². The number of fused-ring (bicyclic) bond motifs is 1. The molecule has 0 aliphatic rings. The van der Waals surface area contributed by atoms with Gasteiger partial charge in [0.2, 0.25) is 0 Å². The number of hydrogen-bond donors (Lipinski definition) is 1. The van der Waals surface area contributed by atoms with Crippen molar-refractivity contribution in [1.29, 1.82) is 0 Å².